The molecule has 2 rings (SSSR count). The summed E-state index contributed by atoms with van der Waals surface area (Å²) < 4.78 is 0. The van der Waals surface area contributed by atoms with Crippen LogP contribution in [0, 0.1) is 0 Å². The molecule has 0 spiro atoms. The highest BCUT2D eigenvalue weighted by atomic mass is 32.2. The minimum absolute atomic E-state index is 0.118. The predicted molar refractivity (Wildman–Crippen MR) is 78.4 cm³/mol. The summed E-state index contributed by atoms with van der Waals surface area (Å²) in [5.41, 5.74) is 2.73. The fourth-order valence-corrected chi connectivity index (χ4v) is 2.34. The van der Waals surface area contributed by atoms with Crippen molar-refractivity contribution in [1.29, 1.82) is 0 Å². The number of benzene rings is 2. The number of thioether (sulfide) groups is 1. The van der Waals surface area contributed by atoms with Crippen molar-refractivity contribution in [2.75, 3.05) is 12.0 Å². The number of rotatable bonds is 5. The lowest BCUT2D eigenvalue weighted by molar-refractivity contribution is 0.103. The highest BCUT2D eigenvalue weighted by molar-refractivity contribution is 7.98. The van der Waals surface area contributed by atoms with Gasteiger partial charge in [-0.05, 0) is 24.0 Å². The van der Waals surface area contributed by atoms with E-state index in [0.29, 0.717) is 0 Å². The van der Waals surface area contributed by atoms with Gasteiger partial charge in [0.15, 0.2) is 5.78 Å². The van der Waals surface area contributed by atoms with E-state index in [1.165, 1.54) is 0 Å². The standard InChI is InChI=1S/C16H16OS/c1-18-12-11-13-7-5-6-10-15(13)16(17)14-8-3-2-4-9-14/h2-10H,11-12H2,1H3. The van der Waals surface area contributed by atoms with Gasteiger partial charge in [0.1, 0.15) is 0 Å². The van der Waals surface area contributed by atoms with Gasteiger partial charge in [0, 0.05) is 11.1 Å². The quantitative estimate of drug-likeness (QED) is 0.756. The van der Waals surface area contributed by atoms with Crippen LogP contribution in [0.3, 0.4) is 0 Å². The molecule has 0 heterocycles. The van der Waals surface area contributed by atoms with Crippen molar-refractivity contribution in [3.05, 3.63) is 71.3 Å². The fourth-order valence-electron chi connectivity index (χ4n) is 1.92. The van der Waals surface area contributed by atoms with Crippen molar-refractivity contribution in [2.24, 2.45) is 0 Å². The Labute approximate surface area is 112 Å². The van der Waals surface area contributed by atoms with Crippen molar-refractivity contribution in [1.82, 2.24) is 0 Å². The SMILES string of the molecule is CSCCc1ccccc1C(=O)c1ccccc1. The van der Waals surface area contributed by atoms with Crippen molar-refractivity contribution in [3.63, 3.8) is 0 Å². The van der Waals surface area contributed by atoms with E-state index in [-0.39, 0.29) is 5.78 Å². The Bertz CT molecular complexity index is 520. The predicted octanol–water partition coefficient (Wildman–Crippen LogP) is 3.82. The average Bonchev–Trinajstić information content (AvgIpc) is 2.45. The van der Waals surface area contributed by atoms with E-state index < -0.39 is 0 Å². The average molecular weight is 256 g/mol. The van der Waals surface area contributed by atoms with Gasteiger partial charge in [-0.3, -0.25) is 4.79 Å². The molecule has 0 fully saturated rings. The molecule has 2 aromatic carbocycles. The summed E-state index contributed by atoms with van der Waals surface area (Å²) in [5.74, 6) is 1.16. The molecule has 0 aliphatic rings. The molecule has 0 saturated carbocycles. The Morgan fingerprint density at radius 1 is 1.00 bits per heavy atom. The number of ketones is 1. The maximum atomic E-state index is 12.4. The Kier molecular flexibility index (Phi) is 4.59. The van der Waals surface area contributed by atoms with Crippen LogP contribution in [0.4, 0.5) is 0 Å². The molecule has 92 valence electrons. The van der Waals surface area contributed by atoms with Gasteiger partial charge in [-0.2, -0.15) is 11.8 Å². The summed E-state index contributed by atoms with van der Waals surface area (Å²) in [6, 6.07) is 17.4. The molecule has 0 saturated heterocycles. The Morgan fingerprint density at radius 3 is 2.39 bits per heavy atom. The van der Waals surface area contributed by atoms with Gasteiger partial charge in [0.2, 0.25) is 0 Å². The minimum atomic E-state index is 0.118. The summed E-state index contributed by atoms with van der Waals surface area (Å²) in [7, 11) is 0. The summed E-state index contributed by atoms with van der Waals surface area (Å²) in [6.45, 7) is 0. The maximum Gasteiger partial charge on any atom is 0.193 e. The first kappa shape index (κ1) is 12.9. The van der Waals surface area contributed by atoms with Crippen molar-refractivity contribution < 1.29 is 4.79 Å². The summed E-state index contributed by atoms with van der Waals surface area (Å²) in [4.78, 5) is 12.4. The molecule has 0 atom stereocenters. The molecule has 2 aromatic rings. The van der Waals surface area contributed by atoms with Crippen LogP contribution >= 0.6 is 11.8 Å². The monoisotopic (exact) mass is 256 g/mol. The first-order chi connectivity index (χ1) is 8.83. The third-order valence-corrected chi connectivity index (χ3v) is 3.49. The molecule has 0 amide bonds. The van der Waals surface area contributed by atoms with Crippen LogP contribution in [0.25, 0.3) is 0 Å². The van der Waals surface area contributed by atoms with Gasteiger partial charge in [-0.15, -0.1) is 0 Å². The highest BCUT2D eigenvalue weighted by Gasteiger charge is 2.12. The molecule has 0 bridgehead atoms. The van der Waals surface area contributed by atoms with Crippen LogP contribution in [0.15, 0.2) is 54.6 Å². The molecular weight excluding hydrogens is 240 g/mol. The van der Waals surface area contributed by atoms with Crippen LogP contribution in [-0.4, -0.2) is 17.8 Å². The van der Waals surface area contributed by atoms with Gasteiger partial charge < -0.3 is 0 Å². The number of carbonyl (C=O) groups excluding carboxylic acids is 1. The maximum absolute atomic E-state index is 12.4. The van der Waals surface area contributed by atoms with E-state index in [4.69, 9.17) is 0 Å². The molecule has 0 aliphatic carbocycles. The van der Waals surface area contributed by atoms with E-state index in [9.17, 15) is 4.79 Å². The largest absolute Gasteiger partial charge is 0.289 e. The molecule has 1 nitrogen and oxygen atoms in total. The summed E-state index contributed by atoms with van der Waals surface area (Å²) >= 11 is 1.80. The third kappa shape index (κ3) is 3.02. The molecular formula is C16H16OS. The van der Waals surface area contributed by atoms with Gasteiger partial charge in [0.25, 0.3) is 0 Å². The molecule has 0 unspecified atom stereocenters. The number of aryl methyl sites for hydroxylation is 1. The number of hydrogen-bond donors (Lipinski definition) is 0. The second kappa shape index (κ2) is 6.41. The molecule has 0 radical (unpaired) electrons. The van der Waals surface area contributed by atoms with E-state index in [1.807, 2.05) is 54.6 Å². The first-order valence-electron chi connectivity index (χ1n) is 5.99. The van der Waals surface area contributed by atoms with Crippen LogP contribution in [0.5, 0.6) is 0 Å². The second-order valence-electron chi connectivity index (χ2n) is 4.10. The van der Waals surface area contributed by atoms with E-state index in [1.54, 1.807) is 11.8 Å². The molecule has 18 heavy (non-hydrogen) atoms. The molecule has 2 heteroatoms. The second-order valence-corrected chi connectivity index (χ2v) is 5.08. The van der Waals surface area contributed by atoms with Crippen molar-refractivity contribution in [2.45, 2.75) is 6.42 Å². The summed E-state index contributed by atoms with van der Waals surface area (Å²) in [6.07, 6.45) is 3.03. The highest BCUT2D eigenvalue weighted by Crippen LogP contribution is 2.16. The molecule has 0 aliphatic heterocycles. The zero-order chi connectivity index (χ0) is 12.8. The van der Waals surface area contributed by atoms with Crippen molar-refractivity contribution >= 4 is 17.5 Å². The number of hydrogen-bond acceptors (Lipinski definition) is 2. The van der Waals surface area contributed by atoms with E-state index in [2.05, 4.69) is 6.26 Å². The number of carbonyl (C=O) groups is 1. The van der Waals surface area contributed by atoms with E-state index in [0.717, 1.165) is 28.9 Å². The van der Waals surface area contributed by atoms with Gasteiger partial charge in [0.05, 0.1) is 0 Å². The van der Waals surface area contributed by atoms with Crippen molar-refractivity contribution in [3.8, 4) is 0 Å². The topological polar surface area (TPSA) is 17.1 Å². The van der Waals surface area contributed by atoms with Gasteiger partial charge >= 0.3 is 0 Å². The lowest BCUT2D eigenvalue weighted by atomic mass is 9.97. The first-order valence-corrected chi connectivity index (χ1v) is 7.39. The lowest BCUT2D eigenvalue weighted by Gasteiger charge is -2.08. The van der Waals surface area contributed by atoms with Crippen LogP contribution in [0.2, 0.25) is 0 Å². The zero-order valence-corrected chi connectivity index (χ0v) is 11.2. The minimum Gasteiger partial charge on any atom is -0.289 e. The fraction of sp³-hybridized carbons (Fsp3) is 0.188. The zero-order valence-electron chi connectivity index (χ0n) is 10.4. The van der Waals surface area contributed by atoms with Crippen LogP contribution in [-0.2, 0) is 6.42 Å². The molecule has 0 aromatic heterocycles. The Balaban J connectivity index is 2.30. The normalized spacial score (nSPS) is 10.3. The smallest absolute Gasteiger partial charge is 0.193 e. The van der Waals surface area contributed by atoms with Gasteiger partial charge in [-0.25, -0.2) is 0 Å². The Morgan fingerprint density at radius 2 is 1.67 bits per heavy atom. The third-order valence-electron chi connectivity index (χ3n) is 2.87. The van der Waals surface area contributed by atoms with Crippen LogP contribution < -0.4 is 0 Å². The van der Waals surface area contributed by atoms with E-state index >= 15 is 0 Å². The molecule has 0 N–H and O–H groups in total. The summed E-state index contributed by atoms with van der Waals surface area (Å²) in [5, 5.41) is 0. The van der Waals surface area contributed by atoms with Gasteiger partial charge in [-0.1, -0.05) is 54.6 Å². The Hall–Kier alpha value is -1.54. The lowest BCUT2D eigenvalue weighted by Crippen LogP contribution is -2.06. The van der Waals surface area contributed by atoms with Crippen LogP contribution in [0.1, 0.15) is 21.5 Å².